The van der Waals surface area contributed by atoms with Gasteiger partial charge in [0, 0.05) is 28.9 Å². The van der Waals surface area contributed by atoms with Gasteiger partial charge in [0.15, 0.2) is 0 Å². The number of carbonyl (C=O) groups excluding carboxylic acids is 1. The van der Waals surface area contributed by atoms with E-state index in [4.69, 9.17) is 11.6 Å². The number of hydrogen-bond acceptors (Lipinski definition) is 2. The maximum Gasteiger partial charge on any atom is 0.252 e. The first-order valence-electron chi connectivity index (χ1n) is 8.76. The van der Waals surface area contributed by atoms with E-state index in [-0.39, 0.29) is 11.4 Å². The van der Waals surface area contributed by atoms with Gasteiger partial charge in [-0.15, -0.1) is 0 Å². The molecule has 0 unspecified atom stereocenters. The van der Waals surface area contributed by atoms with E-state index in [2.05, 4.69) is 21.4 Å². The van der Waals surface area contributed by atoms with Crippen LogP contribution >= 0.6 is 11.6 Å². The van der Waals surface area contributed by atoms with E-state index in [0.29, 0.717) is 5.02 Å². The summed E-state index contributed by atoms with van der Waals surface area (Å²) in [6, 6.07) is 8.09. The zero-order valence-corrected chi connectivity index (χ0v) is 14.5. The third-order valence-electron chi connectivity index (χ3n) is 5.65. The number of nitrogens with one attached hydrogen (secondary N) is 2. The standard InChI is InChI=1S/C20H18ClN3O/c21-13-9-15-16(11-23-18(15)22-10-13)12-4-5-14-17(8-12)20(24-19(14)25)6-2-1-3-7-20/h4-5,8-11H,1-3,6-7H2,(H,22,23)(H,24,25). The first kappa shape index (κ1) is 15.0. The van der Waals surface area contributed by atoms with Crippen molar-refractivity contribution < 1.29 is 4.79 Å². The average Bonchev–Trinajstić information content (AvgIpc) is 3.15. The van der Waals surface area contributed by atoms with Crippen LogP contribution in [0.2, 0.25) is 5.02 Å². The number of nitrogens with zero attached hydrogens (tertiary/aromatic N) is 1. The summed E-state index contributed by atoms with van der Waals surface area (Å²) in [6.07, 6.45) is 9.24. The molecule has 5 heteroatoms. The Kier molecular flexibility index (Phi) is 3.19. The van der Waals surface area contributed by atoms with E-state index < -0.39 is 0 Å². The lowest BCUT2D eigenvalue weighted by atomic mass is 9.77. The van der Waals surface area contributed by atoms with Gasteiger partial charge in [0.2, 0.25) is 0 Å². The molecular formula is C20H18ClN3O. The van der Waals surface area contributed by atoms with Gasteiger partial charge in [-0.25, -0.2) is 4.98 Å². The maximum atomic E-state index is 12.4. The first-order valence-corrected chi connectivity index (χ1v) is 9.14. The molecular weight excluding hydrogens is 334 g/mol. The molecule has 126 valence electrons. The number of fused-ring (bicyclic) bond motifs is 3. The van der Waals surface area contributed by atoms with Gasteiger partial charge in [0.25, 0.3) is 5.91 Å². The SMILES string of the molecule is O=C1NC2(CCCCC2)c2cc(-c3c[nH]c4ncc(Cl)cc34)ccc21. The Hall–Kier alpha value is -2.33. The third-order valence-corrected chi connectivity index (χ3v) is 5.86. The smallest absolute Gasteiger partial charge is 0.252 e. The summed E-state index contributed by atoms with van der Waals surface area (Å²) in [5.41, 5.74) is 4.78. The molecule has 1 fully saturated rings. The number of aromatic nitrogens is 2. The lowest BCUT2D eigenvalue weighted by Crippen LogP contribution is -2.40. The number of H-pyrrole nitrogens is 1. The molecule has 2 aromatic heterocycles. The van der Waals surface area contributed by atoms with Crippen molar-refractivity contribution in [2.24, 2.45) is 0 Å². The molecule has 0 bridgehead atoms. The zero-order valence-electron chi connectivity index (χ0n) is 13.7. The Morgan fingerprint density at radius 3 is 2.76 bits per heavy atom. The highest BCUT2D eigenvalue weighted by Gasteiger charge is 2.43. The zero-order chi connectivity index (χ0) is 17.0. The minimum absolute atomic E-state index is 0.0621. The molecule has 0 atom stereocenters. The molecule has 25 heavy (non-hydrogen) atoms. The van der Waals surface area contributed by atoms with Crippen molar-refractivity contribution in [1.29, 1.82) is 0 Å². The fourth-order valence-corrected chi connectivity index (χ4v) is 4.58. The van der Waals surface area contributed by atoms with Crippen LogP contribution in [0.25, 0.3) is 22.2 Å². The normalized spacial score (nSPS) is 18.5. The topological polar surface area (TPSA) is 57.8 Å². The number of pyridine rings is 1. The molecule has 1 aliphatic heterocycles. The van der Waals surface area contributed by atoms with E-state index in [1.807, 2.05) is 24.4 Å². The fourth-order valence-electron chi connectivity index (χ4n) is 4.42. The molecule has 4 nitrogen and oxygen atoms in total. The molecule has 1 amide bonds. The second-order valence-corrected chi connectivity index (χ2v) is 7.55. The van der Waals surface area contributed by atoms with E-state index in [1.165, 1.54) is 6.42 Å². The summed E-state index contributed by atoms with van der Waals surface area (Å²) in [5, 5.41) is 4.90. The van der Waals surface area contributed by atoms with Gasteiger partial charge >= 0.3 is 0 Å². The van der Waals surface area contributed by atoms with Crippen LogP contribution in [0.15, 0.2) is 36.7 Å². The molecule has 3 heterocycles. The van der Waals surface area contributed by atoms with Crippen LogP contribution in [0.1, 0.15) is 48.0 Å². The lowest BCUT2D eigenvalue weighted by Gasteiger charge is -2.34. The number of hydrogen-bond donors (Lipinski definition) is 2. The first-order chi connectivity index (χ1) is 12.2. The van der Waals surface area contributed by atoms with Crippen molar-refractivity contribution in [2.75, 3.05) is 0 Å². The van der Waals surface area contributed by atoms with Gasteiger partial charge in [0.1, 0.15) is 5.65 Å². The van der Waals surface area contributed by atoms with Gasteiger partial charge in [-0.2, -0.15) is 0 Å². The van der Waals surface area contributed by atoms with E-state index >= 15 is 0 Å². The van der Waals surface area contributed by atoms with Crippen LogP contribution in [-0.4, -0.2) is 15.9 Å². The minimum atomic E-state index is -0.178. The molecule has 1 aromatic carbocycles. The van der Waals surface area contributed by atoms with Crippen LogP contribution in [0.5, 0.6) is 0 Å². The van der Waals surface area contributed by atoms with E-state index in [0.717, 1.165) is 59.0 Å². The second kappa shape index (κ2) is 5.33. The molecule has 1 aliphatic carbocycles. The second-order valence-electron chi connectivity index (χ2n) is 7.11. The molecule has 1 saturated carbocycles. The van der Waals surface area contributed by atoms with Gasteiger partial charge in [-0.1, -0.05) is 36.9 Å². The van der Waals surface area contributed by atoms with Crippen LogP contribution in [0.4, 0.5) is 0 Å². The number of rotatable bonds is 1. The Morgan fingerprint density at radius 2 is 1.92 bits per heavy atom. The summed E-state index contributed by atoms with van der Waals surface area (Å²) in [5.74, 6) is 0.0621. The Labute approximate surface area is 150 Å². The predicted molar refractivity (Wildman–Crippen MR) is 98.8 cm³/mol. The van der Waals surface area contributed by atoms with Gasteiger partial charge in [-0.05, 0) is 42.2 Å². The summed E-state index contributed by atoms with van der Waals surface area (Å²) in [4.78, 5) is 20.0. The van der Waals surface area contributed by atoms with Gasteiger partial charge < -0.3 is 10.3 Å². The molecule has 2 aliphatic rings. The van der Waals surface area contributed by atoms with Crippen molar-refractivity contribution in [3.8, 4) is 11.1 Å². The summed E-state index contributed by atoms with van der Waals surface area (Å²) < 4.78 is 0. The van der Waals surface area contributed by atoms with Crippen LogP contribution in [0.3, 0.4) is 0 Å². The summed E-state index contributed by atoms with van der Waals surface area (Å²) in [6.45, 7) is 0. The van der Waals surface area contributed by atoms with Crippen LogP contribution in [0, 0.1) is 0 Å². The minimum Gasteiger partial charge on any atom is -0.346 e. The fraction of sp³-hybridized carbons (Fsp3) is 0.300. The summed E-state index contributed by atoms with van der Waals surface area (Å²) >= 11 is 6.13. The largest absolute Gasteiger partial charge is 0.346 e. The molecule has 5 rings (SSSR count). The van der Waals surface area contributed by atoms with Gasteiger partial charge in [0.05, 0.1) is 10.6 Å². The van der Waals surface area contributed by atoms with Crippen molar-refractivity contribution >= 4 is 28.5 Å². The highest BCUT2D eigenvalue weighted by molar-refractivity contribution is 6.31. The quantitative estimate of drug-likeness (QED) is 0.662. The number of aromatic amines is 1. The van der Waals surface area contributed by atoms with Crippen LogP contribution < -0.4 is 5.32 Å². The third kappa shape index (κ3) is 2.20. The lowest BCUT2D eigenvalue weighted by molar-refractivity contribution is 0.0909. The number of halogens is 1. The monoisotopic (exact) mass is 351 g/mol. The highest BCUT2D eigenvalue weighted by Crippen LogP contribution is 2.44. The molecule has 2 N–H and O–H groups in total. The average molecular weight is 352 g/mol. The molecule has 0 saturated heterocycles. The summed E-state index contributed by atoms with van der Waals surface area (Å²) in [7, 11) is 0. The van der Waals surface area contributed by atoms with E-state index in [1.54, 1.807) is 6.20 Å². The predicted octanol–water partition coefficient (Wildman–Crippen LogP) is 4.79. The maximum absolute atomic E-state index is 12.4. The van der Waals surface area contributed by atoms with Gasteiger partial charge in [-0.3, -0.25) is 4.79 Å². The van der Waals surface area contributed by atoms with Crippen molar-refractivity contribution in [2.45, 2.75) is 37.6 Å². The molecule has 3 aromatic rings. The molecule has 0 radical (unpaired) electrons. The number of benzene rings is 1. The van der Waals surface area contributed by atoms with Crippen molar-refractivity contribution in [3.63, 3.8) is 0 Å². The van der Waals surface area contributed by atoms with Crippen molar-refractivity contribution in [3.05, 3.63) is 52.8 Å². The Morgan fingerprint density at radius 1 is 1.08 bits per heavy atom. The number of carbonyl (C=O) groups is 1. The Balaban J connectivity index is 1.68. The van der Waals surface area contributed by atoms with Crippen LogP contribution in [-0.2, 0) is 5.54 Å². The molecule has 1 spiro atoms. The highest BCUT2D eigenvalue weighted by atomic mass is 35.5. The Bertz CT molecular complexity index is 1000. The van der Waals surface area contributed by atoms with E-state index in [9.17, 15) is 4.79 Å². The van der Waals surface area contributed by atoms with Crippen molar-refractivity contribution in [1.82, 2.24) is 15.3 Å². The number of amides is 1.